The van der Waals surface area contributed by atoms with Crippen molar-refractivity contribution in [2.75, 3.05) is 0 Å². The van der Waals surface area contributed by atoms with Gasteiger partial charge in [0, 0.05) is 41.7 Å². The summed E-state index contributed by atoms with van der Waals surface area (Å²) in [4.78, 5) is 13.9. The third kappa shape index (κ3) is 4.12. The summed E-state index contributed by atoms with van der Waals surface area (Å²) in [6.45, 7) is 0. The van der Waals surface area contributed by atoms with Crippen molar-refractivity contribution in [1.82, 2.24) is 4.40 Å². The van der Waals surface area contributed by atoms with E-state index >= 15 is 0 Å². The number of hydrogen-bond donors (Lipinski definition) is 0. The number of hydrogen-bond acceptors (Lipinski definition) is 3. The van der Waals surface area contributed by atoms with Gasteiger partial charge in [0.2, 0.25) is 5.43 Å². The highest BCUT2D eigenvalue weighted by Gasteiger charge is 2.18. The van der Waals surface area contributed by atoms with Crippen LogP contribution >= 0.6 is 11.3 Å². The fourth-order valence-corrected chi connectivity index (χ4v) is 9.66. The smallest absolute Gasteiger partial charge is 0.200 e. The molecule has 0 amide bonds. The lowest BCUT2D eigenvalue weighted by atomic mass is 9.98. The highest BCUT2D eigenvalue weighted by molar-refractivity contribution is 7.25. The fraction of sp³-hybridized carbons (Fsp3) is 0. The molecule has 0 radical (unpaired) electrons. The Labute approximate surface area is 306 Å². The van der Waals surface area contributed by atoms with E-state index in [1.54, 1.807) is 0 Å². The van der Waals surface area contributed by atoms with Gasteiger partial charge in [0.1, 0.15) is 11.2 Å². The molecule has 4 heterocycles. The molecule has 0 spiro atoms. The van der Waals surface area contributed by atoms with Crippen molar-refractivity contribution in [3.63, 3.8) is 0 Å². The van der Waals surface area contributed by atoms with Crippen molar-refractivity contribution >= 4 is 91.5 Å². The molecule has 0 atom stereocenters. The summed E-state index contributed by atoms with van der Waals surface area (Å²) in [5.74, 6) is 0. The lowest BCUT2D eigenvalue weighted by molar-refractivity contribution is 0.660. The topological polar surface area (TPSA) is 34.6 Å². The molecular weight excluding hydrogens is 667 g/mol. The van der Waals surface area contributed by atoms with Gasteiger partial charge >= 0.3 is 0 Å². The molecular formula is C49H27NO2S. The normalized spacial score (nSPS) is 12.2. The minimum absolute atomic E-state index is 0.0151. The molecule has 12 rings (SSSR count). The highest BCUT2D eigenvalue weighted by Crippen LogP contribution is 2.42. The Morgan fingerprint density at radius 2 is 0.887 bits per heavy atom. The standard InChI is InChI=1S/C49H27NO2S/c51-49-40-25-29(28-7-2-1-3-8-28)14-19-44(40)52-45-20-15-30(26-41(45)49)31-16-21-46-38(23-31)39-24-32(17-22-47(39)53-46)33-13-18-35-37-11-6-10-36-34-9-4-5-12-42(34)50(48(36)37)43(35)27-33/h1-27H. The van der Waals surface area contributed by atoms with Crippen LogP contribution in [-0.2, 0) is 0 Å². The first kappa shape index (κ1) is 28.9. The van der Waals surface area contributed by atoms with E-state index < -0.39 is 0 Å². The van der Waals surface area contributed by atoms with Gasteiger partial charge in [0.05, 0.1) is 27.3 Å². The highest BCUT2D eigenvalue weighted by atomic mass is 32.1. The monoisotopic (exact) mass is 693 g/mol. The second-order valence-electron chi connectivity index (χ2n) is 14.0. The van der Waals surface area contributed by atoms with E-state index in [2.05, 4.69) is 120 Å². The summed E-state index contributed by atoms with van der Waals surface area (Å²) in [7, 11) is 0. The van der Waals surface area contributed by atoms with Gasteiger partial charge in [0.15, 0.2) is 0 Å². The predicted octanol–water partition coefficient (Wildman–Crippen LogP) is 13.5. The van der Waals surface area contributed by atoms with Crippen LogP contribution in [0.15, 0.2) is 173 Å². The lowest BCUT2D eigenvalue weighted by Gasteiger charge is -2.08. The van der Waals surface area contributed by atoms with Gasteiger partial charge in [-0.15, -0.1) is 11.3 Å². The number of benzene rings is 8. The molecule has 0 aliphatic rings. The van der Waals surface area contributed by atoms with Crippen LogP contribution in [0.1, 0.15) is 0 Å². The maximum Gasteiger partial charge on any atom is 0.200 e. The summed E-state index contributed by atoms with van der Waals surface area (Å²) >= 11 is 1.82. The Balaban J connectivity index is 0.988. The first-order valence-electron chi connectivity index (χ1n) is 17.9. The zero-order valence-electron chi connectivity index (χ0n) is 28.3. The van der Waals surface area contributed by atoms with Crippen LogP contribution in [0.25, 0.3) is 114 Å². The first-order chi connectivity index (χ1) is 26.2. The number of nitrogens with zero attached hydrogens (tertiary/aromatic N) is 1. The Bertz CT molecular complexity index is 3530. The minimum atomic E-state index is -0.0151. The second-order valence-corrected chi connectivity index (χ2v) is 15.1. The summed E-state index contributed by atoms with van der Waals surface area (Å²) in [5.41, 5.74) is 11.5. The van der Waals surface area contributed by atoms with E-state index in [0.717, 1.165) is 22.3 Å². The van der Waals surface area contributed by atoms with Crippen LogP contribution in [0, 0.1) is 0 Å². The molecule has 0 bridgehead atoms. The molecule has 0 saturated heterocycles. The van der Waals surface area contributed by atoms with Crippen molar-refractivity contribution in [2.24, 2.45) is 0 Å². The molecule has 246 valence electrons. The van der Waals surface area contributed by atoms with Gasteiger partial charge in [-0.2, -0.15) is 0 Å². The van der Waals surface area contributed by atoms with Crippen LogP contribution in [0.5, 0.6) is 0 Å². The van der Waals surface area contributed by atoms with Crippen LogP contribution < -0.4 is 5.43 Å². The molecule has 0 N–H and O–H groups in total. The molecule has 12 aromatic rings. The molecule has 53 heavy (non-hydrogen) atoms. The number of para-hydroxylation sites is 2. The molecule has 0 unspecified atom stereocenters. The van der Waals surface area contributed by atoms with Crippen molar-refractivity contribution in [2.45, 2.75) is 0 Å². The number of rotatable bonds is 3. The third-order valence-corrected chi connectivity index (χ3v) is 12.3. The summed E-state index contributed by atoms with van der Waals surface area (Å²) in [6, 6.07) is 57.8. The van der Waals surface area contributed by atoms with Crippen LogP contribution in [0.4, 0.5) is 0 Å². The van der Waals surface area contributed by atoms with E-state index in [1.165, 1.54) is 69.4 Å². The van der Waals surface area contributed by atoms with Crippen molar-refractivity contribution < 1.29 is 4.42 Å². The van der Waals surface area contributed by atoms with Crippen molar-refractivity contribution in [3.8, 4) is 33.4 Å². The summed E-state index contributed by atoms with van der Waals surface area (Å²) in [5, 5.41) is 8.80. The van der Waals surface area contributed by atoms with E-state index in [-0.39, 0.29) is 5.43 Å². The van der Waals surface area contributed by atoms with Gasteiger partial charge in [0.25, 0.3) is 0 Å². The number of aromatic nitrogens is 1. The molecule has 0 aliphatic heterocycles. The average Bonchev–Trinajstić information content (AvgIpc) is 3.87. The first-order valence-corrected chi connectivity index (χ1v) is 18.7. The predicted molar refractivity (Wildman–Crippen MR) is 224 cm³/mol. The maximum atomic E-state index is 13.9. The second kappa shape index (κ2) is 10.6. The average molecular weight is 694 g/mol. The van der Waals surface area contributed by atoms with Gasteiger partial charge in [-0.05, 0) is 94.0 Å². The Kier molecular flexibility index (Phi) is 5.80. The molecule has 0 fully saturated rings. The molecule has 8 aromatic carbocycles. The Morgan fingerprint density at radius 3 is 1.57 bits per heavy atom. The van der Waals surface area contributed by atoms with Crippen molar-refractivity contribution in [3.05, 3.63) is 174 Å². The molecule has 0 saturated carbocycles. The Morgan fingerprint density at radius 1 is 0.377 bits per heavy atom. The Hall–Kier alpha value is -6.75. The molecule has 4 aromatic heterocycles. The molecule has 4 heteroatoms. The maximum absolute atomic E-state index is 13.9. The van der Waals surface area contributed by atoms with Crippen LogP contribution in [0.3, 0.4) is 0 Å². The van der Waals surface area contributed by atoms with Gasteiger partial charge in [-0.25, -0.2) is 0 Å². The number of thiophene rings is 1. The van der Waals surface area contributed by atoms with E-state index in [4.69, 9.17) is 4.42 Å². The van der Waals surface area contributed by atoms with E-state index in [9.17, 15) is 4.79 Å². The van der Waals surface area contributed by atoms with Gasteiger partial charge in [-0.3, -0.25) is 4.79 Å². The molecule has 0 aliphatic carbocycles. The quantitative estimate of drug-likeness (QED) is 0.173. The van der Waals surface area contributed by atoms with Gasteiger partial charge < -0.3 is 8.82 Å². The zero-order valence-corrected chi connectivity index (χ0v) is 29.1. The van der Waals surface area contributed by atoms with E-state index in [0.29, 0.717) is 21.9 Å². The van der Waals surface area contributed by atoms with Gasteiger partial charge in [-0.1, -0.05) is 103 Å². The lowest BCUT2D eigenvalue weighted by Crippen LogP contribution is -2.02. The largest absolute Gasteiger partial charge is 0.456 e. The minimum Gasteiger partial charge on any atom is -0.456 e. The summed E-state index contributed by atoms with van der Waals surface area (Å²) < 4.78 is 11.2. The third-order valence-electron chi connectivity index (χ3n) is 11.1. The van der Waals surface area contributed by atoms with Crippen molar-refractivity contribution in [1.29, 1.82) is 0 Å². The number of fused-ring (bicyclic) bond motifs is 11. The summed E-state index contributed by atoms with van der Waals surface area (Å²) in [6.07, 6.45) is 0. The SMILES string of the molecule is O=c1c2cc(-c3ccccc3)ccc2oc2ccc(-c3ccc4sc5ccc(-c6ccc7c8cccc9c%10ccccc%10n(c7c6)c98)cc5c4c3)cc12. The zero-order chi connectivity index (χ0) is 34.8. The molecule has 3 nitrogen and oxygen atoms in total. The van der Waals surface area contributed by atoms with Crippen LogP contribution in [0.2, 0.25) is 0 Å². The fourth-order valence-electron chi connectivity index (χ4n) is 8.59. The van der Waals surface area contributed by atoms with Crippen LogP contribution in [-0.4, -0.2) is 4.40 Å². The van der Waals surface area contributed by atoms with E-state index in [1.807, 2.05) is 59.9 Å².